The molecule has 0 heterocycles. The molecule has 1 amide bonds. The van der Waals surface area contributed by atoms with Crippen LogP contribution in [0, 0.1) is 5.82 Å². The predicted octanol–water partition coefficient (Wildman–Crippen LogP) is 3.05. The summed E-state index contributed by atoms with van der Waals surface area (Å²) in [7, 11) is 0. The van der Waals surface area contributed by atoms with Gasteiger partial charge in [0.05, 0.1) is 10.6 Å². The van der Waals surface area contributed by atoms with Crippen LogP contribution >= 0.6 is 15.9 Å². The second kappa shape index (κ2) is 6.63. The Kier molecular flexibility index (Phi) is 4.87. The summed E-state index contributed by atoms with van der Waals surface area (Å²) in [5.74, 6) is -0.786. The molecule has 104 valence electrons. The number of aliphatic hydroxyl groups is 1. The van der Waals surface area contributed by atoms with Gasteiger partial charge in [0.1, 0.15) is 5.82 Å². The molecule has 0 spiro atoms. The molecule has 0 aliphatic rings. The second-order valence-corrected chi connectivity index (χ2v) is 5.12. The van der Waals surface area contributed by atoms with Crippen LogP contribution in [0.15, 0.2) is 53.0 Å². The smallest absolute Gasteiger partial charge is 0.251 e. The van der Waals surface area contributed by atoms with E-state index in [0.717, 1.165) is 5.56 Å². The summed E-state index contributed by atoms with van der Waals surface area (Å²) in [5.41, 5.74) is 1.06. The Bertz CT molecular complexity index is 604. The van der Waals surface area contributed by atoms with Crippen molar-refractivity contribution in [3.8, 4) is 0 Å². The number of amides is 1. The Morgan fingerprint density at radius 1 is 1.25 bits per heavy atom. The average molecular weight is 338 g/mol. The van der Waals surface area contributed by atoms with Gasteiger partial charge in [-0.2, -0.15) is 0 Å². The zero-order chi connectivity index (χ0) is 14.5. The first kappa shape index (κ1) is 14.7. The van der Waals surface area contributed by atoms with Gasteiger partial charge in [0.15, 0.2) is 0 Å². The van der Waals surface area contributed by atoms with Crippen molar-refractivity contribution in [2.24, 2.45) is 0 Å². The van der Waals surface area contributed by atoms with Gasteiger partial charge in [-0.25, -0.2) is 4.39 Å². The van der Waals surface area contributed by atoms with Gasteiger partial charge in [-0.05, 0) is 39.7 Å². The molecule has 0 radical (unpaired) electrons. The minimum Gasteiger partial charge on any atom is -0.387 e. The first-order chi connectivity index (χ1) is 9.58. The van der Waals surface area contributed by atoms with Crippen molar-refractivity contribution >= 4 is 21.8 Å². The molecule has 2 aromatic carbocycles. The average Bonchev–Trinajstić information content (AvgIpc) is 2.48. The van der Waals surface area contributed by atoms with Crippen LogP contribution < -0.4 is 5.32 Å². The summed E-state index contributed by atoms with van der Waals surface area (Å²) in [6, 6.07) is 13.1. The van der Waals surface area contributed by atoms with E-state index in [9.17, 15) is 14.3 Å². The molecule has 5 heteroatoms. The number of carbonyl (C=O) groups is 1. The van der Waals surface area contributed by atoms with Crippen LogP contribution in [0.4, 0.5) is 4.39 Å². The zero-order valence-electron chi connectivity index (χ0n) is 10.5. The van der Waals surface area contributed by atoms with Gasteiger partial charge < -0.3 is 10.4 Å². The van der Waals surface area contributed by atoms with Gasteiger partial charge in [0, 0.05) is 12.1 Å². The van der Waals surface area contributed by atoms with Gasteiger partial charge in [-0.1, -0.05) is 30.3 Å². The van der Waals surface area contributed by atoms with Crippen LogP contribution in [-0.2, 0) is 0 Å². The van der Waals surface area contributed by atoms with Crippen LogP contribution in [0.1, 0.15) is 22.0 Å². The van der Waals surface area contributed by atoms with E-state index < -0.39 is 11.9 Å². The second-order valence-electron chi connectivity index (χ2n) is 4.27. The number of hydrogen-bond acceptors (Lipinski definition) is 2. The fourth-order valence-corrected chi connectivity index (χ4v) is 2.10. The summed E-state index contributed by atoms with van der Waals surface area (Å²) < 4.78 is 13.3. The molecule has 2 rings (SSSR count). The Morgan fingerprint density at radius 3 is 2.60 bits per heavy atom. The maximum atomic E-state index is 13.1. The highest BCUT2D eigenvalue weighted by molar-refractivity contribution is 9.10. The summed E-state index contributed by atoms with van der Waals surface area (Å²) >= 11 is 3.03. The lowest BCUT2D eigenvalue weighted by Crippen LogP contribution is -2.28. The molecule has 3 nitrogen and oxygen atoms in total. The number of hydrogen-bond donors (Lipinski definition) is 2. The van der Waals surface area contributed by atoms with Crippen LogP contribution in [0.3, 0.4) is 0 Å². The van der Waals surface area contributed by atoms with Crippen molar-refractivity contribution in [1.82, 2.24) is 5.32 Å². The van der Waals surface area contributed by atoms with Gasteiger partial charge in [0.25, 0.3) is 5.91 Å². The standard InChI is InChI=1S/C15H13BrFNO2/c16-12-8-11(6-7-13(12)17)15(20)18-9-14(19)10-4-2-1-3-5-10/h1-8,14,19H,9H2,(H,18,20). The number of carbonyl (C=O) groups excluding carboxylic acids is 1. The fourth-order valence-electron chi connectivity index (χ4n) is 1.72. The highest BCUT2D eigenvalue weighted by Gasteiger charge is 2.11. The molecule has 0 aliphatic heterocycles. The summed E-state index contributed by atoms with van der Waals surface area (Å²) in [5, 5.41) is 12.5. The van der Waals surface area contributed by atoms with E-state index in [1.54, 1.807) is 12.1 Å². The molecule has 0 saturated heterocycles. The minimum absolute atomic E-state index is 0.0951. The third kappa shape index (κ3) is 3.65. The lowest BCUT2D eigenvalue weighted by molar-refractivity contribution is 0.0916. The molecule has 0 saturated carbocycles. The van der Waals surface area contributed by atoms with Crippen molar-refractivity contribution < 1.29 is 14.3 Å². The SMILES string of the molecule is O=C(NCC(O)c1ccccc1)c1ccc(F)c(Br)c1. The third-order valence-electron chi connectivity index (χ3n) is 2.82. The topological polar surface area (TPSA) is 49.3 Å². The van der Waals surface area contributed by atoms with E-state index >= 15 is 0 Å². The summed E-state index contributed by atoms with van der Waals surface area (Å²) in [6.45, 7) is 0.0951. The molecule has 0 aliphatic carbocycles. The molecule has 1 atom stereocenters. The van der Waals surface area contributed by atoms with E-state index in [1.807, 2.05) is 18.2 Å². The largest absolute Gasteiger partial charge is 0.387 e. The molecule has 0 aromatic heterocycles. The van der Waals surface area contributed by atoms with Crippen molar-refractivity contribution in [2.75, 3.05) is 6.54 Å². The molecule has 2 N–H and O–H groups in total. The summed E-state index contributed by atoms with van der Waals surface area (Å²) in [4.78, 5) is 11.9. The lowest BCUT2D eigenvalue weighted by atomic mass is 10.1. The van der Waals surface area contributed by atoms with Gasteiger partial charge in [0.2, 0.25) is 0 Å². The number of halogens is 2. The van der Waals surface area contributed by atoms with Gasteiger partial charge in [-0.3, -0.25) is 4.79 Å². The maximum absolute atomic E-state index is 13.1. The molecule has 20 heavy (non-hydrogen) atoms. The summed E-state index contributed by atoms with van der Waals surface area (Å²) in [6.07, 6.45) is -0.774. The lowest BCUT2D eigenvalue weighted by Gasteiger charge is -2.12. The first-order valence-corrected chi connectivity index (χ1v) is 6.83. The highest BCUT2D eigenvalue weighted by Crippen LogP contribution is 2.17. The van der Waals surface area contributed by atoms with E-state index in [1.165, 1.54) is 18.2 Å². The normalized spacial score (nSPS) is 11.9. The van der Waals surface area contributed by atoms with Crippen molar-refractivity contribution in [3.63, 3.8) is 0 Å². The molecular formula is C15H13BrFNO2. The minimum atomic E-state index is -0.774. The predicted molar refractivity (Wildman–Crippen MR) is 77.8 cm³/mol. The molecular weight excluding hydrogens is 325 g/mol. The van der Waals surface area contributed by atoms with Crippen molar-refractivity contribution in [2.45, 2.75) is 6.10 Å². The molecule has 2 aromatic rings. The van der Waals surface area contributed by atoms with Crippen LogP contribution in [0.2, 0.25) is 0 Å². The fraction of sp³-hybridized carbons (Fsp3) is 0.133. The highest BCUT2D eigenvalue weighted by atomic mass is 79.9. The monoisotopic (exact) mass is 337 g/mol. The van der Waals surface area contributed by atoms with Gasteiger partial charge in [-0.15, -0.1) is 0 Å². The molecule has 0 bridgehead atoms. The number of nitrogens with one attached hydrogen (secondary N) is 1. The Morgan fingerprint density at radius 2 is 1.95 bits per heavy atom. The van der Waals surface area contributed by atoms with Gasteiger partial charge >= 0.3 is 0 Å². The number of benzene rings is 2. The van der Waals surface area contributed by atoms with Crippen molar-refractivity contribution in [1.29, 1.82) is 0 Å². The van der Waals surface area contributed by atoms with E-state index in [0.29, 0.717) is 5.56 Å². The maximum Gasteiger partial charge on any atom is 0.251 e. The quantitative estimate of drug-likeness (QED) is 0.900. The van der Waals surface area contributed by atoms with Crippen LogP contribution in [0.5, 0.6) is 0 Å². The van der Waals surface area contributed by atoms with E-state index in [4.69, 9.17) is 0 Å². The Labute approximate surface area is 124 Å². The Balaban J connectivity index is 1.97. The first-order valence-electron chi connectivity index (χ1n) is 6.04. The molecule has 0 fully saturated rings. The number of aliphatic hydroxyl groups excluding tert-OH is 1. The third-order valence-corrected chi connectivity index (χ3v) is 3.43. The molecule has 1 unspecified atom stereocenters. The van der Waals surface area contributed by atoms with Crippen LogP contribution in [0.25, 0.3) is 0 Å². The van der Waals surface area contributed by atoms with E-state index in [-0.39, 0.29) is 16.9 Å². The van der Waals surface area contributed by atoms with E-state index in [2.05, 4.69) is 21.2 Å². The van der Waals surface area contributed by atoms with Crippen molar-refractivity contribution in [3.05, 3.63) is 69.9 Å². The van der Waals surface area contributed by atoms with Crippen LogP contribution in [-0.4, -0.2) is 17.6 Å². The number of rotatable bonds is 4. The Hall–Kier alpha value is -1.72. The zero-order valence-corrected chi connectivity index (χ0v) is 12.1.